The number of carbonyl (C=O) groups is 3. The minimum Gasteiger partial charge on any atom is -0.481 e. The van der Waals surface area contributed by atoms with E-state index < -0.39 is 18.0 Å². The Kier molecular flexibility index (Phi) is 25.0. The van der Waals surface area contributed by atoms with Gasteiger partial charge in [0.05, 0.1) is 19.4 Å². The van der Waals surface area contributed by atoms with E-state index in [1.807, 2.05) is 0 Å². The molecule has 1 atom stereocenters. The van der Waals surface area contributed by atoms with E-state index in [2.05, 4.69) is 6.92 Å². The Morgan fingerprint density at radius 2 is 1.06 bits per heavy atom. The van der Waals surface area contributed by atoms with Gasteiger partial charge in [0.1, 0.15) is 12.7 Å². The molecule has 8 nitrogen and oxygen atoms in total. The fourth-order valence-corrected chi connectivity index (χ4v) is 2.81. The van der Waals surface area contributed by atoms with E-state index in [9.17, 15) is 14.4 Å². The fraction of sp³-hybridized carbons (Fsp3) is 0.870. The molecule has 0 saturated carbocycles. The Balaban J connectivity index is 0. The van der Waals surface area contributed by atoms with Crippen LogP contribution < -0.4 is 0 Å². The highest BCUT2D eigenvalue weighted by atomic mass is 16.5. The molecule has 0 aliphatic carbocycles. The first-order valence-corrected chi connectivity index (χ1v) is 11.7. The second-order valence-corrected chi connectivity index (χ2v) is 7.80. The van der Waals surface area contributed by atoms with Crippen molar-refractivity contribution in [3.63, 3.8) is 0 Å². The van der Waals surface area contributed by atoms with Crippen molar-refractivity contribution in [3.05, 3.63) is 0 Å². The fourth-order valence-electron chi connectivity index (χ4n) is 2.81. The van der Waals surface area contributed by atoms with Crippen molar-refractivity contribution in [1.82, 2.24) is 0 Å². The van der Waals surface area contributed by atoms with Crippen LogP contribution >= 0.6 is 0 Å². The van der Waals surface area contributed by atoms with Gasteiger partial charge >= 0.3 is 17.9 Å². The Morgan fingerprint density at radius 1 is 0.677 bits per heavy atom. The van der Waals surface area contributed by atoms with Gasteiger partial charge in [-0.15, -0.1) is 0 Å². The van der Waals surface area contributed by atoms with Crippen LogP contribution in [0.1, 0.15) is 110 Å². The molecule has 0 amide bonds. The second kappa shape index (κ2) is 24.6. The van der Waals surface area contributed by atoms with Crippen LogP contribution in [0, 0.1) is 0 Å². The van der Waals surface area contributed by atoms with E-state index in [0.717, 1.165) is 12.8 Å². The lowest BCUT2D eigenvalue weighted by atomic mass is 10.0. The summed E-state index contributed by atoms with van der Waals surface area (Å²) in [5.74, 6) is -2.43. The Morgan fingerprint density at radius 3 is 1.42 bits per heavy atom. The number of aliphatic carboxylic acids is 2. The van der Waals surface area contributed by atoms with Crippen molar-refractivity contribution in [2.45, 2.75) is 116 Å². The number of carbonyl (C=O) groups excluding carboxylic acids is 1. The van der Waals surface area contributed by atoms with Gasteiger partial charge in [0.2, 0.25) is 0 Å². The average Bonchev–Trinajstić information content (AvgIpc) is 2.74. The summed E-state index contributed by atoms with van der Waals surface area (Å²) < 4.78 is 4.85. The van der Waals surface area contributed by atoms with Gasteiger partial charge in [-0.3, -0.25) is 14.4 Å². The summed E-state index contributed by atoms with van der Waals surface area (Å²) in [5.41, 5.74) is 0. The standard InChI is InChI=1S/C19H38O4.C4H6O4/c1-2-3-4-5-6-7-8-9-10-11-12-13-14-15-19(22)23-17-18(21)16-20;5-3(6)1-2-4(7)8/h18,20-21H,2-17H2,1H3;1-2H2,(H,5,6)(H,7,8). The van der Waals surface area contributed by atoms with Crippen LogP contribution in [0.25, 0.3) is 0 Å². The topological polar surface area (TPSA) is 141 Å². The van der Waals surface area contributed by atoms with Gasteiger partial charge in [-0.25, -0.2) is 0 Å². The summed E-state index contributed by atoms with van der Waals surface area (Å²) in [6.07, 6.45) is 15.5. The third-order valence-corrected chi connectivity index (χ3v) is 4.68. The van der Waals surface area contributed by atoms with Crippen LogP contribution in [-0.2, 0) is 19.1 Å². The number of aliphatic hydroxyl groups excluding tert-OH is 2. The number of carboxylic acid groups (broad SMARTS) is 2. The van der Waals surface area contributed by atoms with Gasteiger partial charge < -0.3 is 25.2 Å². The quantitative estimate of drug-likeness (QED) is 0.159. The Bertz CT molecular complexity index is 425. The zero-order valence-corrected chi connectivity index (χ0v) is 19.2. The predicted molar refractivity (Wildman–Crippen MR) is 119 cm³/mol. The summed E-state index contributed by atoms with van der Waals surface area (Å²) in [6, 6.07) is 0. The maximum atomic E-state index is 11.3. The molecular formula is C23H44O8. The molecule has 0 bridgehead atoms. The van der Waals surface area contributed by atoms with E-state index in [1.165, 1.54) is 70.6 Å². The summed E-state index contributed by atoms with van der Waals surface area (Å²) in [5, 5.41) is 33.5. The first kappa shape index (κ1) is 31.5. The minimum atomic E-state index is -1.08. The molecule has 0 aliphatic rings. The Hall–Kier alpha value is -1.67. The maximum Gasteiger partial charge on any atom is 0.305 e. The van der Waals surface area contributed by atoms with Crippen molar-refractivity contribution in [2.75, 3.05) is 13.2 Å². The van der Waals surface area contributed by atoms with Gasteiger partial charge in [0.15, 0.2) is 0 Å². The monoisotopic (exact) mass is 448 g/mol. The lowest BCUT2D eigenvalue weighted by Crippen LogP contribution is -2.21. The molecule has 0 aromatic heterocycles. The zero-order valence-electron chi connectivity index (χ0n) is 19.2. The third kappa shape index (κ3) is 30.6. The zero-order chi connectivity index (χ0) is 23.7. The number of esters is 1. The summed E-state index contributed by atoms with van der Waals surface area (Å²) in [7, 11) is 0. The molecule has 0 fully saturated rings. The maximum absolute atomic E-state index is 11.3. The summed E-state index contributed by atoms with van der Waals surface area (Å²) in [6.45, 7) is 1.78. The molecule has 8 heteroatoms. The van der Waals surface area contributed by atoms with Crippen molar-refractivity contribution >= 4 is 17.9 Å². The number of rotatable bonds is 20. The first-order valence-electron chi connectivity index (χ1n) is 11.7. The van der Waals surface area contributed by atoms with Gasteiger partial charge in [-0.1, -0.05) is 84.0 Å². The smallest absolute Gasteiger partial charge is 0.305 e. The van der Waals surface area contributed by atoms with E-state index in [-0.39, 0.29) is 32.0 Å². The van der Waals surface area contributed by atoms with Crippen molar-refractivity contribution < 1.29 is 39.5 Å². The highest BCUT2D eigenvalue weighted by Crippen LogP contribution is 2.13. The van der Waals surface area contributed by atoms with Crippen molar-refractivity contribution in [1.29, 1.82) is 0 Å². The molecule has 0 heterocycles. The molecule has 0 aromatic rings. The van der Waals surface area contributed by atoms with E-state index in [4.69, 9.17) is 25.2 Å². The van der Waals surface area contributed by atoms with Gasteiger partial charge in [-0.05, 0) is 6.42 Å². The Labute approximate surface area is 187 Å². The predicted octanol–water partition coefficient (Wildman–Crippen LogP) is 4.30. The molecule has 1 unspecified atom stereocenters. The van der Waals surface area contributed by atoms with Crippen molar-refractivity contribution in [2.24, 2.45) is 0 Å². The van der Waals surface area contributed by atoms with E-state index in [0.29, 0.717) is 6.42 Å². The largest absolute Gasteiger partial charge is 0.481 e. The molecule has 0 aromatic carbocycles. The number of ether oxygens (including phenoxy) is 1. The van der Waals surface area contributed by atoms with Gasteiger partial charge in [0.25, 0.3) is 0 Å². The van der Waals surface area contributed by atoms with Gasteiger partial charge in [0, 0.05) is 6.42 Å². The summed E-state index contributed by atoms with van der Waals surface area (Å²) >= 11 is 0. The molecule has 0 saturated heterocycles. The number of unbranched alkanes of at least 4 members (excludes halogenated alkanes) is 12. The van der Waals surface area contributed by atoms with E-state index in [1.54, 1.807) is 0 Å². The second-order valence-electron chi connectivity index (χ2n) is 7.80. The normalized spacial score (nSPS) is 11.3. The first-order chi connectivity index (χ1) is 14.8. The van der Waals surface area contributed by atoms with Crippen molar-refractivity contribution in [3.8, 4) is 0 Å². The lowest BCUT2D eigenvalue weighted by Gasteiger charge is -2.08. The van der Waals surface area contributed by atoms with Crippen LogP contribution in [0.5, 0.6) is 0 Å². The van der Waals surface area contributed by atoms with E-state index >= 15 is 0 Å². The van der Waals surface area contributed by atoms with Crippen LogP contribution in [0.4, 0.5) is 0 Å². The third-order valence-electron chi connectivity index (χ3n) is 4.68. The van der Waals surface area contributed by atoms with Crippen LogP contribution in [0.3, 0.4) is 0 Å². The van der Waals surface area contributed by atoms with Gasteiger partial charge in [-0.2, -0.15) is 0 Å². The number of hydrogen-bond acceptors (Lipinski definition) is 6. The number of hydrogen-bond donors (Lipinski definition) is 4. The SMILES string of the molecule is CCCCCCCCCCCCCCCC(=O)OCC(O)CO.O=C(O)CCC(=O)O. The highest BCUT2D eigenvalue weighted by Gasteiger charge is 2.07. The number of aliphatic hydroxyl groups is 2. The molecule has 0 rings (SSSR count). The lowest BCUT2D eigenvalue weighted by molar-refractivity contribution is -0.147. The molecule has 4 N–H and O–H groups in total. The van der Waals surface area contributed by atoms with Crippen LogP contribution in [0.2, 0.25) is 0 Å². The highest BCUT2D eigenvalue weighted by molar-refractivity contribution is 5.75. The molecule has 0 radical (unpaired) electrons. The molecular weight excluding hydrogens is 404 g/mol. The number of carboxylic acids is 2. The molecule has 184 valence electrons. The minimum absolute atomic E-state index is 0.103. The molecule has 31 heavy (non-hydrogen) atoms. The average molecular weight is 449 g/mol. The van der Waals surface area contributed by atoms with Crippen LogP contribution in [0.15, 0.2) is 0 Å². The molecule has 0 spiro atoms. The summed E-state index contributed by atoms with van der Waals surface area (Å²) in [4.78, 5) is 30.6. The molecule has 0 aliphatic heterocycles. The van der Waals surface area contributed by atoms with Crippen LogP contribution in [-0.4, -0.2) is 57.7 Å².